The van der Waals surface area contributed by atoms with Gasteiger partial charge in [-0.15, -0.1) is 17.0 Å². The smallest absolute Gasteiger partial charge is 0.224 e. The predicted molar refractivity (Wildman–Crippen MR) is 175 cm³/mol. The van der Waals surface area contributed by atoms with Crippen molar-refractivity contribution >= 4 is 34.1 Å². The van der Waals surface area contributed by atoms with Gasteiger partial charge in [-0.1, -0.05) is 95.0 Å². The van der Waals surface area contributed by atoms with Crippen molar-refractivity contribution in [2.75, 3.05) is 11.5 Å². The maximum absolute atomic E-state index is 12.6. The van der Waals surface area contributed by atoms with Crippen molar-refractivity contribution < 1.29 is 9.53 Å². The number of unbranched alkanes of at least 4 members (excludes halogenated alkanes) is 9. The van der Waals surface area contributed by atoms with Gasteiger partial charge < -0.3 is 14.0 Å². The predicted octanol–water partition coefficient (Wildman–Crippen LogP) is 9.36. The number of ether oxygens (including phenoxy) is 1. The Morgan fingerprint density at radius 3 is 2.24 bits per heavy atom. The molecule has 0 aliphatic heterocycles. The van der Waals surface area contributed by atoms with E-state index in [-0.39, 0.29) is 22.9 Å². The maximum atomic E-state index is 12.6. The SMILES string of the molecule is Br.CCCCCCCCCCCCOc1cccc(CN(C(C)=O)c2ccc(Cc3ncc4ccccn34)cc2)c1. The third kappa shape index (κ3) is 10.3. The number of amides is 1. The fraction of sp³-hybridized carbons (Fsp3) is 0.429. The molecule has 2 heterocycles. The number of imidazole rings is 1. The van der Waals surface area contributed by atoms with Crippen LogP contribution in [0, 0.1) is 0 Å². The summed E-state index contributed by atoms with van der Waals surface area (Å²) in [5.74, 6) is 1.89. The van der Waals surface area contributed by atoms with E-state index in [4.69, 9.17) is 4.74 Å². The van der Waals surface area contributed by atoms with Gasteiger partial charge in [0, 0.05) is 25.2 Å². The minimum absolute atomic E-state index is 0. The number of benzene rings is 2. The molecule has 0 saturated heterocycles. The van der Waals surface area contributed by atoms with Gasteiger partial charge in [0.2, 0.25) is 5.91 Å². The first-order chi connectivity index (χ1) is 19.6. The van der Waals surface area contributed by atoms with E-state index >= 15 is 0 Å². The number of aromatic nitrogens is 2. The van der Waals surface area contributed by atoms with E-state index in [1.807, 2.05) is 53.7 Å². The lowest BCUT2D eigenvalue weighted by molar-refractivity contribution is -0.116. The molecule has 0 N–H and O–H groups in total. The first kappa shape index (κ1) is 32.4. The number of hydrogen-bond acceptors (Lipinski definition) is 3. The Labute approximate surface area is 256 Å². The Kier molecular flexibility index (Phi) is 13.9. The molecule has 2 aromatic heterocycles. The third-order valence-electron chi connectivity index (χ3n) is 7.51. The minimum atomic E-state index is 0. The summed E-state index contributed by atoms with van der Waals surface area (Å²) in [5, 5.41) is 0. The van der Waals surface area contributed by atoms with Crippen LogP contribution in [0.5, 0.6) is 5.75 Å². The van der Waals surface area contributed by atoms with Gasteiger partial charge in [-0.3, -0.25) is 4.79 Å². The molecule has 2 aromatic carbocycles. The topological polar surface area (TPSA) is 46.8 Å². The van der Waals surface area contributed by atoms with E-state index in [2.05, 4.69) is 46.6 Å². The maximum Gasteiger partial charge on any atom is 0.224 e. The number of carbonyl (C=O) groups is 1. The Bertz CT molecular complexity index is 1320. The van der Waals surface area contributed by atoms with Crippen LogP contribution in [0.4, 0.5) is 5.69 Å². The fourth-order valence-corrected chi connectivity index (χ4v) is 5.19. The number of rotatable bonds is 17. The van der Waals surface area contributed by atoms with E-state index < -0.39 is 0 Å². The fourth-order valence-electron chi connectivity index (χ4n) is 5.19. The van der Waals surface area contributed by atoms with Crippen LogP contribution >= 0.6 is 17.0 Å². The van der Waals surface area contributed by atoms with Crippen molar-refractivity contribution in [3.8, 4) is 5.75 Å². The molecule has 0 aliphatic rings. The molecule has 5 nitrogen and oxygen atoms in total. The third-order valence-corrected chi connectivity index (χ3v) is 7.51. The Morgan fingerprint density at radius 2 is 1.54 bits per heavy atom. The van der Waals surface area contributed by atoms with Crippen LogP contribution in [-0.2, 0) is 17.8 Å². The molecule has 0 atom stereocenters. The zero-order valence-electron chi connectivity index (χ0n) is 24.8. The molecule has 0 aliphatic carbocycles. The zero-order chi connectivity index (χ0) is 28.0. The molecule has 0 saturated carbocycles. The molecule has 6 heteroatoms. The van der Waals surface area contributed by atoms with Gasteiger partial charge in [0.05, 0.1) is 24.9 Å². The van der Waals surface area contributed by atoms with E-state index in [1.54, 1.807) is 6.92 Å². The second kappa shape index (κ2) is 17.6. The summed E-state index contributed by atoms with van der Waals surface area (Å²) in [4.78, 5) is 19.0. The summed E-state index contributed by atoms with van der Waals surface area (Å²) in [6.45, 7) is 5.14. The van der Waals surface area contributed by atoms with Crippen molar-refractivity contribution in [2.45, 2.75) is 91.0 Å². The van der Waals surface area contributed by atoms with Crippen LogP contribution in [0.2, 0.25) is 0 Å². The first-order valence-corrected chi connectivity index (χ1v) is 15.1. The number of hydrogen-bond donors (Lipinski definition) is 0. The van der Waals surface area contributed by atoms with Gasteiger partial charge in [0.1, 0.15) is 11.6 Å². The number of anilines is 1. The van der Waals surface area contributed by atoms with Crippen LogP contribution < -0.4 is 9.64 Å². The van der Waals surface area contributed by atoms with E-state index in [0.717, 1.165) is 53.4 Å². The summed E-state index contributed by atoms with van der Waals surface area (Å²) in [6, 6.07) is 22.5. The lowest BCUT2D eigenvalue weighted by Gasteiger charge is -2.22. The van der Waals surface area contributed by atoms with Crippen molar-refractivity contribution in [3.63, 3.8) is 0 Å². The van der Waals surface area contributed by atoms with E-state index in [0.29, 0.717) is 6.54 Å². The van der Waals surface area contributed by atoms with E-state index in [9.17, 15) is 4.79 Å². The van der Waals surface area contributed by atoms with Crippen LogP contribution in [0.3, 0.4) is 0 Å². The summed E-state index contributed by atoms with van der Waals surface area (Å²) in [7, 11) is 0. The molecule has 4 aromatic rings. The summed E-state index contributed by atoms with van der Waals surface area (Å²) >= 11 is 0. The van der Waals surface area contributed by atoms with E-state index in [1.165, 1.54) is 57.8 Å². The van der Waals surface area contributed by atoms with Crippen LogP contribution in [-0.4, -0.2) is 21.9 Å². The normalized spacial score (nSPS) is 10.9. The molecule has 0 fully saturated rings. The summed E-state index contributed by atoms with van der Waals surface area (Å²) < 4.78 is 8.16. The van der Waals surface area contributed by atoms with Crippen LogP contribution in [0.1, 0.15) is 95.0 Å². The molecular weight excluding hydrogens is 574 g/mol. The van der Waals surface area contributed by atoms with Crippen molar-refractivity contribution in [1.82, 2.24) is 9.38 Å². The molecule has 4 rings (SSSR count). The molecule has 1 amide bonds. The quantitative estimate of drug-likeness (QED) is 0.111. The number of pyridine rings is 1. The molecule has 0 radical (unpaired) electrons. The average molecular weight is 621 g/mol. The zero-order valence-corrected chi connectivity index (χ0v) is 26.5. The van der Waals surface area contributed by atoms with Crippen molar-refractivity contribution in [2.24, 2.45) is 0 Å². The molecule has 41 heavy (non-hydrogen) atoms. The molecule has 220 valence electrons. The minimum Gasteiger partial charge on any atom is -0.494 e. The van der Waals surface area contributed by atoms with Gasteiger partial charge in [0.25, 0.3) is 0 Å². The highest BCUT2D eigenvalue weighted by Crippen LogP contribution is 2.22. The highest BCUT2D eigenvalue weighted by atomic mass is 79.9. The second-order valence-corrected chi connectivity index (χ2v) is 10.8. The lowest BCUT2D eigenvalue weighted by atomic mass is 10.1. The van der Waals surface area contributed by atoms with Crippen LogP contribution in [0.15, 0.2) is 79.1 Å². The first-order valence-electron chi connectivity index (χ1n) is 15.1. The Hall–Kier alpha value is -3.12. The Morgan fingerprint density at radius 1 is 0.829 bits per heavy atom. The van der Waals surface area contributed by atoms with Gasteiger partial charge in [-0.05, 0) is 53.9 Å². The van der Waals surface area contributed by atoms with Gasteiger partial charge in [-0.25, -0.2) is 4.98 Å². The highest BCUT2D eigenvalue weighted by molar-refractivity contribution is 8.93. The lowest BCUT2D eigenvalue weighted by Crippen LogP contribution is -2.27. The second-order valence-electron chi connectivity index (χ2n) is 10.8. The summed E-state index contributed by atoms with van der Waals surface area (Å²) in [6.07, 6.45) is 17.8. The average Bonchev–Trinajstić information content (AvgIpc) is 3.38. The molecule has 0 spiro atoms. The van der Waals surface area contributed by atoms with Gasteiger partial charge >= 0.3 is 0 Å². The standard InChI is InChI=1S/C35H45N3O2.BrH/c1-3-4-5-6-7-8-9-10-11-14-24-40-34-18-15-16-31(25-34)28-38(29(2)39)32-21-19-30(20-22-32)26-35-36-27-33-17-12-13-23-37(33)35;/h12-13,15-23,25,27H,3-11,14,24,26,28H2,1-2H3;1H. The van der Waals surface area contributed by atoms with Crippen molar-refractivity contribution in [1.29, 1.82) is 0 Å². The molecule has 0 bridgehead atoms. The molecule has 0 unspecified atom stereocenters. The van der Waals surface area contributed by atoms with Crippen LogP contribution in [0.25, 0.3) is 5.52 Å². The largest absolute Gasteiger partial charge is 0.494 e. The van der Waals surface area contributed by atoms with Gasteiger partial charge in [0.15, 0.2) is 0 Å². The highest BCUT2D eigenvalue weighted by Gasteiger charge is 2.13. The van der Waals surface area contributed by atoms with Crippen molar-refractivity contribution in [3.05, 3.63) is 96.1 Å². The Balaban J connectivity index is 0.00000462. The number of carbonyl (C=O) groups excluding carboxylic acids is 1. The molecular formula is C35H46BrN3O2. The van der Waals surface area contributed by atoms with Gasteiger partial charge in [-0.2, -0.15) is 0 Å². The monoisotopic (exact) mass is 619 g/mol. The number of halogens is 1. The summed E-state index contributed by atoms with van der Waals surface area (Å²) in [5.41, 5.74) is 4.20. The number of nitrogens with zero attached hydrogens (tertiary/aromatic N) is 3. The number of fused-ring (bicyclic) bond motifs is 1.